The number of carbonyl (C=O) groups is 2. The van der Waals surface area contributed by atoms with Gasteiger partial charge in [0.05, 0.1) is 6.61 Å². The minimum Gasteiger partial charge on any atom is -0.395 e. The number of aliphatic hydroxyl groups is 1. The summed E-state index contributed by atoms with van der Waals surface area (Å²) in [6, 6.07) is 7.31. The lowest BCUT2D eigenvalue weighted by Gasteiger charge is -2.21. The number of H-pyrrole nitrogens is 1. The Balaban J connectivity index is 1.99. The summed E-state index contributed by atoms with van der Waals surface area (Å²) in [4.78, 5) is 28.9. The Bertz CT molecular complexity index is 666. The molecule has 0 spiro atoms. The molecule has 0 saturated heterocycles. The van der Waals surface area contributed by atoms with Gasteiger partial charge in [-0.05, 0) is 30.7 Å². The number of fused-ring (bicyclic) bond motifs is 1. The molecule has 2 rings (SSSR count). The molecule has 0 aliphatic rings. The number of aromatic amines is 1. The fraction of sp³-hybridized carbons (Fsp3) is 0.412. The molecular formula is C17H23N3O3. The van der Waals surface area contributed by atoms with Crippen LogP contribution in [0, 0.1) is 0 Å². The van der Waals surface area contributed by atoms with Crippen LogP contribution in [0.4, 0.5) is 5.69 Å². The molecule has 6 nitrogen and oxygen atoms in total. The number of rotatable bonds is 7. The summed E-state index contributed by atoms with van der Waals surface area (Å²) in [5.41, 5.74) is 1.55. The topological polar surface area (TPSA) is 85.4 Å². The van der Waals surface area contributed by atoms with Crippen LogP contribution >= 0.6 is 0 Å². The lowest BCUT2D eigenvalue weighted by Crippen LogP contribution is -2.41. The average Bonchev–Trinajstić information content (AvgIpc) is 3.01. The van der Waals surface area contributed by atoms with Crippen LogP contribution in [0.25, 0.3) is 10.9 Å². The van der Waals surface area contributed by atoms with E-state index in [2.05, 4.69) is 17.2 Å². The van der Waals surface area contributed by atoms with Crippen LogP contribution in [0.5, 0.6) is 0 Å². The van der Waals surface area contributed by atoms with E-state index in [9.17, 15) is 9.59 Å². The monoisotopic (exact) mass is 317 g/mol. The minimum atomic E-state index is -0.676. The average molecular weight is 317 g/mol. The summed E-state index contributed by atoms with van der Waals surface area (Å²) < 4.78 is 0. The van der Waals surface area contributed by atoms with E-state index in [1.807, 2.05) is 24.4 Å². The van der Waals surface area contributed by atoms with Crippen LogP contribution < -0.4 is 5.32 Å². The maximum atomic E-state index is 12.2. The Labute approximate surface area is 135 Å². The molecule has 0 bridgehead atoms. The third-order valence-corrected chi connectivity index (χ3v) is 3.69. The van der Waals surface area contributed by atoms with Gasteiger partial charge in [-0.15, -0.1) is 0 Å². The zero-order valence-corrected chi connectivity index (χ0v) is 13.3. The van der Waals surface area contributed by atoms with Crippen molar-refractivity contribution in [3.05, 3.63) is 30.5 Å². The molecule has 0 radical (unpaired) electrons. The summed E-state index contributed by atoms with van der Waals surface area (Å²) in [5, 5.41) is 12.7. The number of benzene rings is 1. The van der Waals surface area contributed by atoms with Crippen molar-refractivity contribution in [1.82, 2.24) is 9.88 Å². The Morgan fingerprint density at radius 3 is 2.78 bits per heavy atom. The highest BCUT2D eigenvalue weighted by Gasteiger charge is 2.21. The molecule has 0 atom stereocenters. The molecule has 0 aliphatic heterocycles. The van der Waals surface area contributed by atoms with Gasteiger partial charge < -0.3 is 20.3 Å². The first-order chi connectivity index (χ1) is 11.2. The maximum Gasteiger partial charge on any atom is 0.313 e. The van der Waals surface area contributed by atoms with Crippen molar-refractivity contribution in [2.75, 3.05) is 25.0 Å². The van der Waals surface area contributed by atoms with E-state index in [1.165, 1.54) is 4.90 Å². The number of amides is 2. The fourth-order valence-electron chi connectivity index (χ4n) is 2.45. The lowest BCUT2D eigenvalue weighted by atomic mass is 10.2. The number of nitrogens with zero attached hydrogens (tertiary/aromatic N) is 1. The lowest BCUT2D eigenvalue weighted by molar-refractivity contribution is -0.143. The van der Waals surface area contributed by atoms with Crippen LogP contribution in [0.15, 0.2) is 30.5 Å². The first-order valence-corrected chi connectivity index (χ1v) is 7.94. The van der Waals surface area contributed by atoms with Gasteiger partial charge in [0.2, 0.25) is 0 Å². The zero-order valence-electron chi connectivity index (χ0n) is 13.3. The molecule has 6 heteroatoms. The van der Waals surface area contributed by atoms with Gasteiger partial charge in [-0.3, -0.25) is 9.59 Å². The third-order valence-electron chi connectivity index (χ3n) is 3.69. The van der Waals surface area contributed by atoms with Gasteiger partial charge in [0.25, 0.3) is 0 Å². The van der Waals surface area contributed by atoms with E-state index in [0.717, 1.165) is 30.2 Å². The number of nitrogens with one attached hydrogen (secondary N) is 2. The van der Waals surface area contributed by atoms with E-state index in [0.29, 0.717) is 12.2 Å². The summed E-state index contributed by atoms with van der Waals surface area (Å²) in [6.07, 6.45) is 4.66. The Morgan fingerprint density at radius 1 is 1.22 bits per heavy atom. The molecule has 2 aromatic rings. The van der Waals surface area contributed by atoms with Crippen molar-refractivity contribution in [2.45, 2.75) is 26.2 Å². The molecule has 0 fully saturated rings. The summed E-state index contributed by atoms with van der Waals surface area (Å²) >= 11 is 0. The highest BCUT2D eigenvalue weighted by Crippen LogP contribution is 2.17. The van der Waals surface area contributed by atoms with Crippen molar-refractivity contribution >= 4 is 28.4 Å². The van der Waals surface area contributed by atoms with E-state index in [4.69, 9.17) is 5.11 Å². The Kier molecular flexibility index (Phi) is 6.17. The number of anilines is 1. The van der Waals surface area contributed by atoms with Gasteiger partial charge >= 0.3 is 11.8 Å². The van der Waals surface area contributed by atoms with Gasteiger partial charge in [-0.1, -0.05) is 19.8 Å². The predicted octanol–water partition coefficient (Wildman–Crippen LogP) is 2.12. The van der Waals surface area contributed by atoms with Crippen LogP contribution in [0.1, 0.15) is 26.2 Å². The zero-order chi connectivity index (χ0) is 16.7. The maximum absolute atomic E-state index is 12.2. The molecule has 23 heavy (non-hydrogen) atoms. The number of aliphatic hydroxyl groups excluding tert-OH is 1. The second-order valence-corrected chi connectivity index (χ2v) is 5.46. The molecule has 2 amide bonds. The van der Waals surface area contributed by atoms with Crippen molar-refractivity contribution in [3.63, 3.8) is 0 Å². The quantitative estimate of drug-likeness (QED) is 0.540. The van der Waals surface area contributed by atoms with E-state index < -0.39 is 11.8 Å². The Hall–Kier alpha value is -2.34. The van der Waals surface area contributed by atoms with E-state index in [-0.39, 0.29) is 13.2 Å². The number of aromatic nitrogens is 1. The van der Waals surface area contributed by atoms with E-state index in [1.54, 1.807) is 6.07 Å². The summed E-state index contributed by atoms with van der Waals surface area (Å²) in [7, 11) is 0. The van der Waals surface area contributed by atoms with Gasteiger partial charge in [-0.25, -0.2) is 0 Å². The number of unbranched alkanes of at least 4 members (excludes halogenated alkanes) is 2. The van der Waals surface area contributed by atoms with E-state index >= 15 is 0 Å². The van der Waals surface area contributed by atoms with Gasteiger partial charge in [0, 0.05) is 35.9 Å². The highest BCUT2D eigenvalue weighted by molar-refractivity contribution is 6.39. The first kappa shape index (κ1) is 17.0. The number of hydrogen-bond acceptors (Lipinski definition) is 3. The number of hydrogen-bond donors (Lipinski definition) is 3. The van der Waals surface area contributed by atoms with Gasteiger partial charge in [0.15, 0.2) is 0 Å². The van der Waals surface area contributed by atoms with Gasteiger partial charge in [-0.2, -0.15) is 0 Å². The first-order valence-electron chi connectivity index (χ1n) is 7.94. The fourth-order valence-corrected chi connectivity index (χ4v) is 2.45. The van der Waals surface area contributed by atoms with Crippen LogP contribution in [0.2, 0.25) is 0 Å². The Morgan fingerprint density at radius 2 is 2.04 bits per heavy atom. The second kappa shape index (κ2) is 8.33. The van der Waals surface area contributed by atoms with Crippen molar-refractivity contribution in [1.29, 1.82) is 0 Å². The molecule has 1 aromatic carbocycles. The molecule has 0 saturated carbocycles. The largest absolute Gasteiger partial charge is 0.395 e. The highest BCUT2D eigenvalue weighted by atomic mass is 16.3. The molecule has 3 N–H and O–H groups in total. The standard InChI is InChI=1S/C17H23N3O3/c1-2-3-4-9-20(10-11-21)17(23)16(22)19-14-5-6-15-13(12-14)7-8-18-15/h5-8,12,18,21H,2-4,9-11H2,1H3,(H,19,22). The SMILES string of the molecule is CCCCCN(CCO)C(=O)C(=O)Nc1ccc2[nH]ccc2c1. The summed E-state index contributed by atoms with van der Waals surface area (Å²) in [5.74, 6) is -1.28. The second-order valence-electron chi connectivity index (χ2n) is 5.46. The molecule has 124 valence electrons. The molecule has 1 heterocycles. The number of carbonyl (C=O) groups excluding carboxylic acids is 2. The van der Waals surface area contributed by atoms with Crippen LogP contribution in [-0.2, 0) is 9.59 Å². The molecule has 0 aliphatic carbocycles. The molecule has 1 aromatic heterocycles. The smallest absolute Gasteiger partial charge is 0.313 e. The normalized spacial score (nSPS) is 10.7. The minimum absolute atomic E-state index is 0.152. The van der Waals surface area contributed by atoms with Crippen molar-refractivity contribution in [2.24, 2.45) is 0 Å². The summed E-state index contributed by atoms with van der Waals surface area (Å²) in [6.45, 7) is 2.58. The molecule has 0 unspecified atom stereocenters. The third kappa shape index (κ3) is 4.56. The van der Waals surface area contributed by atoms with Crippen molar-refractivity contribution in [3.8, 4) is 0 Å². The van der Waals surface area contributed by atoms with Crippen molar-refractivity contribution < 1.29 is 14.7 Å². The molecular weight excluding hydrogens is 294 g/mol. The van der Waals surface area contributed by atoms with Gasteiger partial charge in [0.1, 0.15) is 0 Å². The predicted molar refractivity (Wildman–Crippen MR) is 90.1 cm³/mol. The van der Waals surface area contributed by atoms with Crippen LogP contribution in [-0.4, -0.2) is 46.5 Å². The van der Waals surface area contributed by atoms with Crippen LogP contribution in [0.3, 0.4) is 0 Å².